The first-order valence-electron chi connectivity index (χ1n) is 8.48. The highest BCUT2D eigenvalue weighted by molar-refractivity contribution is 5.92. The Morgan fingerprint density at radius 2 is 1.76 bits per heavy atom. The van der Waals surface area contributed by atoms with Crippen LogP contribution in [0.2, 0.25) is 0 Å². The minimum absolute atomic E-state index is 0.00331. The Balaban J connectivity index is 1.47. The third kappa shape index (κ3) is 3.15. The molecular weight excluding hydrogens is 314 g/mol. The zero-order valence-corrected chi connectivity index (χ0v) is 13.8. The maximum atomic E-state index is 12.5. The van der Waals surface area contributed by atoms with Gasteiger partial charge in [0.05, 0.1) is 0 Å². The van der Waals surface area contributed by atoms with Gasteiger partial charge in [0.15, 0.2) is 0 Å². The molecule has 2 aromatic heterocycles. The number of hydrogen-bond donors (Lipinski definition) is 0. The molecule has 1 saturated heterocycles. The fourth-order valence-electron chi connectivity index (χ4n) is 3.30. The number of piperidine rings is 1. The molecule has 0 radical (unpaired) electrons. The van der Waals surface area contributed by atoms with Crippen LogP contribution in [0, 0.1) is 0 Å². The SMILES string of the molecule is O=C(c1ccccn1)N1CCC(c2nncn2-c2ccccc2)CC1. The molecule has 0 bridgehead atoms. The molecule has 126 valence electrons. The molecule has 0 unspecified atom stereocenters. The Morgan fingerprint density at radius 1 is 1.00 bits per heavy atom. The first-order valence-corrected chi connectivity index (χ1v) is 8.48. The summed E-state index contributed by atoms with van der Waals surface area (Å²) in [5.41, 5.74) is 1.57. The van der Waals surface area contributed by atoms with E-state index in [0.29, 0.717) is 24.7 Å². The second-order valence-electron chi connectivity index (χ2n) is 6.18. The van der Waals surface area contributed by atoms with E-state index in [4.69, 9.17) is 0 Å². The number of hydrogen-bond acceptors (Lipinski definition) is 4. The van der Waals surface area contributed by atoms with E-state index in [-0.39, 0.29) is 5.91 Å². The number of para-hydroxylation sites is 1. The van der Waals surface area contributed by atoms with Crippen LogP contribution < -0.4 is 0 Å². The summed E-state index contributed by atoms with van der Waals surface area (Å²) in [6.45, 7) is 1.42. The highest BCUT2D eigenvalue weighted by atomic mass is 16.2. The van der Waals surface area contributed by atoms with Crippen LogP contribution in [0.5, 0.6) is 0 Å². The summed E-state index contributed by atoms with van der Waals surface area (Å²) < 4.78 is 2.04. The summed E-state index contributed by atoms with van der Waals surface area (Å²) in [6, 6.07) is 15.5. The van der Waals surface area contributed by atoms with Crippen molar-refractivity contribution in [1.82, 2.24) is 24.6 Å². The number of likely N-dealkylation sites (tertiary alicyclic amines) is 1. The Labute approximate surface area is 146 Å². The number of amides is 1. The maximum absolute atomic E-state index is 12.5. The van der Waals surface area contributed by atoms with Gasteiger partial charge >= 0.3 is 0 Å². The quantitative estimate of drug-likeness (QED) is 0.739. The Kier molecular flexibility index (Phi) is 4.24. The molecular formula is C19H19N5O. The van der Waals surface area contributed by atoms with Gasteiger partial charge in [-0.1, -0.05) is 24.3 Å². The van der Waals surface area contributed by atoms with Crippen molar-refractivity contribution in [1.29, 1.82) is 0 Å². The van der Waals surface area contributed by atoms with Crippen LogP contribution in [0.25, 0.3) is 5.69 Å². The molecule has 0 spiro atoms. The van der Waals surface area contributed by atoms with E-state index >= 15 is 0 Å². The largest absolute Gasteiger partial charge is 0.337 e. The molecule has 0 saturated carbocycles. The zero-order chi connectivity index (χ0) is 17.1. The molecule has 0 aliphatic carbocycles. The lowest BCUT2D eigenvalue weighted by Gasteiger charge is -2.31. The van der Waals surface area contributed by atoms with Gasteiger partial charge < -0.3 is 4.90 Å². The van der Waals surface area contributed by atoms with Gasteiger partial charge in [-0.3, -0.25) is 14.3 Å². The molecule has 3 heterocycles. The van der Waals surface area contributed by atoms with Crippen molar-refractivity contribution in [3.63, 3.8) is 0 Å². The van der Waals surface area contributed by atoms with Crippen molar-refractivity contribution >= 4 is 5.91 Å². The van der Waals surface area contributed by atoms with Gasteiger partial charge in [-0.15, -0.1) is 10.2 Å². The Bertz CT molecular complexity index is 839. The van der Waals surface area contributed by atoms with Crippen LogP contribution in [0.3, 0.4) is 0 Å². The second kappa shape index (κ2) is 6.84. The first kappa shape index (κ1) is 15.5. The monoisotopic (exact) mass is 333 g/mol. The van der Waals surface area contributed by atoms with E-state index in [0.717, 1.165) is 24.4 Å². The highest BCUT2D eigenvalue weighted by Crippen LogP contribution is 2.28. The van der Waals surface area contributed by atoms with E-state index in [1.165, 1.54) is 0 Å². The van der Waals surface area contributed by atoms with Crippen molar-refractivity contribution in [3.8, 4) is 5.69 Å². The number of benzene rings is 1. The average Bonchev–Trinajstić information content (AvgIpc) is 3.19. The summed E-state index contributed by atoms with van der Waals surface area (Å²) >= 11 is 0. The fourth-order valence-corrected chi connectivity index (χ4v) is 3.30. The first-order chi connectivity index (χ1) is 12.3. The second-order valence-corrected chi connectivity index (χ2v) is 6.18. The normalized spacial score (nSPS) is 15.3. The van der Waals surface area contributed by atoms with Crippen LogP contribution >= 0.6 is 0 Å². The number of rotatable bonds is 3. The maximum Gasteiger partial charge on any atom is 0.272 e. The summed E-state index contributed by atoms with van der Waals surface area (Å²) in [7, 11) is 0. The van der Waals surface area contributed by atoms with Gasteiger partial charge in [0.1, 0.15) is 17.8 Å². The van der Waals surface area contributed by atoms with E-state index in [1.54, 1.807) is 18.6 Å². The minimum atomic E-state index is 0.00331. The van der Waals surface area contributed by atoms with Gasteiger partial charge in [0.25, 0.3) is 5.91 Å². The van der Waals surface area contributed by atoms with E-state index in [2.05, 4.69) is 15.2 Å². The third-order valence-corrected chi connectivity index (χ3v) is 4.64. The van der Waals surface area contributed by atoms with E-state index in [9.17, 15) is 4.79 Å². The number of pyridine rings is 1. The standard InChI is InChI=1S/C19H19N5O/c25-19(17-8-4-5-11-20-17)23-12-9-15(10-13-23)18-22-21-14-24(18)16-6-2-1-3-7-16/h1-8,11,14-15H,9-10,12-13H2. The molecule has 6 heteroatoms. The van der Waals surface area contributed by atoms with E-state index in [1.807, 2.05) is 51.9 Å². The predicted molar refractivity (Wildman–Crippen MR) is 93.5 cm³/mol. The van der Waals surface area contributed by atoms with Crippen molar-refractivity contribution in [2.75, 3.05) is 13.1 Å². The lowest BCUT2D eigenvalue weighted by molar-refractivity contribution is 0.0704. The van der Waals surface area contributed by atoms with Crippen molar-refractivity contribution in [3.05, 3.63) is 72.6 Å². The summed E-state index contributed by atoms with van der Waals surface area (Å²) in [6.07, 6.45) is 5.17. The van der Waals surface area contributed by atoms with Gasteiger partial charge in [0, 0.05) is 30.9 Å². The smallest absolute Gasteiger partial charge is 0.272 e. The lowest BCUT2D eigenvalue weighted by atomic mass is 9.95. The van der Waals surface area contributed by atoms with Crippen LogP contribution in [0.1, 0.15) is 35.1 Å². The fraction of sp³-hybridized carbons (Fsp3) is 0.263. The number of carbonyl (C=O) groups excluding carboxylic acids is 1. The van der Waals surface area contributed by atoms with Crippen LogP contribution in [0.4, 0.5) is 0 Å². The molecule has 1 aliphatic rings. The van der Waals surface area contributed by atoms with Crippen LogP contribution in [-0.4, -0.2) is 43.6 Å². The molecule has 0 N–H and O–H groups in total. The molecule has 3 aromatic rings. The van der Waals surface area contributed by atoms with Gasteiger partial charge in [-0.05, 0) is 37.1 Å². The number of aromatic nitrogens is 4. The number of carbonyl (C=O) groups is 1. The van der Waals surface area contributed by atoms with Gasteiger partial charge in [-0.25, -0.2) is 0 Å². The van der Waals surface area contributed by atoms with Crippen LogP contribution in [-0.2, 0) is 0 Å². The molecule has 6 nitrogen and oxygen atoms in total. The molecule has 1 amide bonds. The van der Waals surface area contributed by atoms with Crippen LogP contribution in [0.15, 0.2) is 61.1 Å². The topological polar surface area (TPSA) is 63.9 Å². The summed E-state index contributed by atoms with van der Waals surface area (Å²) in [4.78, 5) is 18.5. The zero-order valence-electron chi connectivity index (χ0n) is 13.8. The van der Waals surface area contributed by atoms with Crippen molar-refractivity contribution in [2.45, 2.75) is 18.8 Å². The Hall–Kier alpha value is -3.02. The predicted octanol–water partition coefficient (Wildman–Crippen LogP) is 2.68. The van der Waals surface area contributed by atoms with E-state index < -0.39 is 0 Å². The van der Waals surface area contributed by atoms with Gasteiger partial charge in [0.2, 0.25) is 0 Å². The molecule has 0 atom stereocenters. The molecule has 1 fully saturated rings. The molecule has 1 aromatic carbocycles. The van der Waals surface area contributed by atoms with Crippen molar-refractivity contribution < 1.29 is 4.79 Å². The summed E-state index contributed by atoms with van der Waals surface area (Å²) in [5, 5.41) is 8.44. The van der Waals surface area contributed by atoms with Gasteiger partial charge in [-0.2, -0.15) is 0 Å². The average molecular weight is 333 g/mol. The molecule has 25 heavy (non-hydrogen) atoms. The minimum Gasteiger partial charge on any atom is -0.337 e. The lowest BCUT2D eigenvalue weighted by Crippen LogP contribution is -2.38. The number of nitrogens with zero attached hydrogens (tertiary/aromatic N) is 5. The van der Waals surface area contributed by atoms with Crippen molar-refractivity contribution in [2.24, 2.45) is 0 Å². The third-order valence-electron chi connectivity index (χ3n) is 4.64. The summed E-state index contributed by atoms with van der Waals surface area (Å²) in [5.74, 6) is 1.27. The molecule has 4 rings (SSSR count). The highest BCUT2D eigenvalue weighted by Gasteiger charge is 2.28. The Morgan fingerprint density at radius 3 is 2.48 bits per heavy atom. The molecule has 1 aliphatic heterocycles.